The fraction of sp³-hybridized carbons (Fsp3) is 0.294. The van der Waals surface area contributed by atoms with Crippen molar-refractivity contribution in [3.63, 3.8) is 0 Å². The van der Waals surface area contributed by atoms with Crippen molar-refractivity contribution < 1.29 is 4.39 Å². The van der Waals surface area contributed by atoms with Crippen molar-refractivity contribution in [1.29, 1.82) is 0 Å². The molecule has 0 amide bonds. The van der Waals surface area contributed by atoms with E-state index in [0.717, 1.165) is 34.1 Å². The van der Waals surface area contributed by atoms with Crippen molar-refractivity contribution in [2.75, 3.05) is 6.54 Å². The maximum atomic E-state index is 13.6. The van der Waals surface area contributed by atoms with E-state index in [0.29, 0.717) is 0 Å². The van der Waals surface area contributed by atoms with E-state index in [1.54, 1.807) is 6.07 Å². The Kier molecular flexibility index (Phi) is 5.32. The summed E-state index contributed by atoms with van der Waals surface area (Å²) < 4.78 is 14.6. The normalized spacial score (nSPS) is 12.4. The molecule has 0 radical (unpaired) electrons. The smallest absolute Gasteiger partial charge is 0.123 e. The molecule has 0 aliphatic heterocycles. The van der Waals surface area contributed by atoms with Crippen molar-refractivity contribution in [2.45, 2.75) is 26.3 Å². The van der Waals surface area contributed by atoms with Crippen molar-refractivity contribution in [1.82, 2.24) is 5.32 Å². The van der Waals surface area contributed by atoms with Crippen LogP contribution in [-0.2, 0) is 0 Å². The Hall–Kier alpha value is -1.19. The Morgan fingerprint density at radius 2 is 2.00 bits per heavy atom. The molecule has 0 saturated heterocycles. The van der Waals surface area contributed by atoms with Gasteiger partial charge in [-0.05, 0) is 60.8 Å². The molecule has 2 aromatic rings. The average molecular weight is 336 g/mol. The van der Waals surface area contributed by atoms with Crippen LogP contribution >= 0.6 is 15.9 Å². The summed E-state index contributed by atoms with van der Waals surface area (Å²) >= 11 is 3.47. The van der Waals surface area contributed by atoms with E-state index in [1.165, 1.54) is 6.07 Å². The number of halogens is 2. The van der Waals surface area contributed by atoms with Crippen LogP contribution in [0.2, 0.25) is 0 Å². The zero-order valence-corrected chi connectivity index (χ0v) is 13.4. The third-order valence-electron chi connectivity index (χ3n) is 3.32. The first-order valence-electron chi connectivity index (χ1n) is 6.90. The molecule has 0 spiro atoms. The fourth-order valence-corrected chi connectivity index (χ4v) is 2.68. The van der Waals surface area contributed by atoms with Gasteiger partial charge in [-0.15, -0.1) is 0 Å². The molecule has 0 saturated carbocycles. The van der Waals surface area contributed by atoms with Crippen molar-refractivity contribution in [2.24, 2.45) is 0 Å². The molecular weight excluding hydrogens is 317 g/mol. The van der Waals surface area contributed by atoms with Crippen LogP contribution in [0.4, 0.5) is 4.39 Å². The quantitative estimate of drug-likeness (QED) is 0.780. The van der Waals surface area contributed by atoms with Crippen LogP contribution in [0.15, 0.2) is 46.9 Å². The predicted molar refractivity (Wildman–Crippen MR) is 86.2 cm³/mol. The first-order chi connectivity index (χ1) is 9.61. The van der Waals surface area contributed by atoms with Crippen molar-refractivity contribution in [3.05, 3.63) is 58.3 Å². The molecule has 2 aromatic carbocycles. The zero-order chi connectivity index (χ0) is 14.5. The Labute approximate surface area is 128 Å². The molecule has 1 nitrogen and oxygen atoms in total. The molecule has 1 N–H and O–H groups in total. The van der Waals surface area contributed by atoms with Gasteiger partial charge in [0.05, 0.1) is 0 Å². The number of benzene rings is 2. The third-order valence-corrected chi connectivity index (χ3v) is 3.81. The number of nitrogens with one attached hydrogen (secondary N) is 1. The van der Waals surface area contributed by atoms with Gasteiger partial charge in [-0.1, -0.05) is 41.1 Å². The van der Waals surface area contributed by atoms with E-state index in [2.05, 4.69) is 35.1 Å². The van der Waals surface area contributed by atoms with Gasteiger partial charge in [0.1, 0.15) is 5.82 Å². The lowest BCUT2D eigenvalue weighted by molar-refractivity contribution is 0.569. The summed E-state index contributed by atoms with van der Waals surface area (Å²) in [6.07, 6.45) is 1.08. The number of hydrogen-bond donors (Lipinski definition) is 1. The topological polar surface area (TPSA) is 12.0 Å². The fourth-order valence-electron chi connectivity index (χ4n) is 2.28. The first kappa shape index (κ1) is 15.2. The minimum Gasteiger partial charge on any atom is -0.310 e. The third kappa shape index (κ3) is 3.68. The highest BCUT2D eigenvalue weighted by atomic mass is 79.9. The highest BCUT2D eigenvalue weighted by Crippen LogP contribution is 2.30. The summed E-state index contributed by atoms with van der Waals surface area (Å²) in [7, 11) is 0. The van der Waals surface area contributed by atoms with Crippen LogP contribution in [-0.4, -0.2) is 6.54 Å². The lowest BCUT2D eigenvalue weighted by Crippen LogP contribution is -2.20. The molecule has 3 heteroatoms. The minimum atomic E-state index is -0.202. The average Bonchev–Trinajstić information content (AvgIpc) is 2.44. The van der Waals surface area contributed by atoms with Gasteiger partial charge in [0, 0.05) is 10.5 Å². The van der Waals surface area contributed by atoms with Crippen LogP contribution in [0, 0.1) is 5.82 Å². The van der Waals surface area contributed by atoms with Crippen molar-refractivity contribution in [3.8, 4) is 11.1 Å². The zero-order valence-electron chi connectivity index (χ0n) is 11.8. The molecule has 1 atom stereocenters. The standard InChI is InChI=1S/C17H19BrFN/c1-3-9-20-12(2)16-8-7-15(19)11-17(16)13-5-4-6-14(18)10-13/h4-8,10-12,20H,3,9H2,1-2H3. The molecule has 0 heterocycles. The molecule has 0 fully saturated rings. The molecule has 0 aliphatic rings. The Morgan fingerprint density at radius 3 is 2.70 bits per heavy atom. The molecule has 1 unspecified atom stereocenters. The summed E-state index contributed by atoms with van der Waals surface area (Å²) in [6, 6.07) is 13.2. The second kappa shape index (κ2) is 7.00. The van der Waals surface area contributed by atoms with Crippen LogP contribution in [0.25, 0.3) is 11.1 Å². The maximum absolute atomic E-state index is 13.6. The van der Waals surface area contributed by atoms with E-state index in [1.807, 2.05) is 30.3 Å². The van der Waals surface area contributed by atoms with Gasteiger partial charge in [-0.2, -0.15) is 0 Å². The Balaban J connectivity index is 2.43. The second-order valence-corrected chi connectivity index (χ2v) is 5.83. The minimum absolute atomic E-state index is 0.199. The summed E-state index contributed by atoms with van der Waals surface area (Å²) in [6.45, 7) is 5.21. The molecular formula is C17H19BrFN. The second-order valence-electron chi connectivity index (χ2n) is 4.92. The van der Waals surface area contributed by atoms with Gasteiger partial charge in [-0.25, -0.2) is 4.39 Å². The van der Waals surface area contributed by atoms with E-state index in [-0.39, 0.29) is 11.9 Å². The largest absolute Gasteiger partial charge is 0.310 e. The number of hydrogen-bond acceptors (Lipinski definition) is 1. The van der Waals surface area contributed by atoms with E-state index in [9.17, 15) is 4.39 Å². The molecule has 2 rings (SSSR count). The van der Waals surface area contributed by atoms with E-state index >= 15 is 0 Å². The van der Waals surface area contributed by atoms with Gasteiger partial charge in [-0.3, -0.25) is 0 Å². The van der Waals surface area contributed by atoms with Gasteiger partial charge in [0.15, 0.2) is 0 Å². The highest BCUT2D eigenvalue weighted by Gasteiger charge is 2.12. The monoisotopic (exact) mass is 335 g/mol. The lowest BCUT2D eigenvalue weighted by Gasteiger charge is -2.18. The molecule has 20 heavy (non-hydrogen) atoms. The molecule has 0 aliphatic carbocycles. The summed E-state index contributed by atoms with van der Waals surface area (Å²) in [4.78, 5) is 0. The summed E-state index contributed by atoms with van der Waals surface area (Å²) in [5.41, 5.74) is 3.10. The van der Waals surface area contributed by atoms with Crippen LogP contribution < -0.4 is 5.32 Å². The maximum Gasteiger partial charge on any atom is 0.123 e. The first-order valence-corrected chi connectivity index (χ1v) is 7.70. The van der Waals surface area contributed by atoms with Crippen molar-refractivity contribution >= 4 is 15.9 Å². The summed E-state index contributed by atoms with van der Waals surface area (Å²) in [5.74, 6) is -0.202. The van der Waals surface area contributed by atoms with Gasteiger partial charge >= 0.3 is 0 Å². The SMILES string of the molecule is CCCNC(C)c1ccc(F)cc1-c1cccc(Br)c1. The van der Waals surface area contributed by atoms with Crippen LogP contribution in [0.5, 0.6) is 0 Å². The molecule has 106 valence electrons. The number of rotatable bonds is 5. The molecule has 0 bridgehead atoms. The van der Waals surface area contributed by atoms with Gasteiger partial charge < -0.3 is 5.32 Å². The van der Waals surface area contributed by atoms with E-state index < -0.39 is 0 Å². The highest BCUT2D eigenvalue weighted by molar-refractivity contribution is 9.10. The molecule has 0 aromatic heterocycles. The Morgan fingerprint density at radius 1 is 1.20 bits per heavy atom. The predicted octanol–water partition coefficient (Wildman–Crippen LogP) is 5.32. The summed E-state index contributed by atoms with van der Waals surface area (Å²) in [5, 5.41) is 3.46. The van der Waals surface area contributed by atoms with Gasteiger partial charge in [0.25, 0.3) is 0 Å². The van der Waals surface area contributed by atoms with Crippen LogP contribution in [0.1, 0.15) is 31.9 Å². The van der Waals surface area contributed by atoms with E-state index in [4.69, 9.17) is 0 Å². The van der Waals surface area contributed by atoms with Crippen LogP contribution in [0.3, 0.4) is 0 Å². The lowest BCUT2D eigenvalue weighted by atomic mass is 9.95. The Bertz CT molecular complexity index is 583. The van der Waals surface area contributed by atoms with Gasteiger partial charge in [0.2, 0.25) is 0 Å².